The molecule has 1 atom stereocenters. The molecule has 8 nitrogen and oxygen atoms in total. The number of rotatable bonds is 9. The summed E-state index contributed by atoms with van der Waals surface area (Å²) in [6.07, 6.45) is -1.26. The first kappa shape index (κ1) is 24.7. The van der Waals surface area contributed by atoms with Crippen LogP contribution < -0.4 is 5.32 Å². The van der Waals surface area contributed by atoms with E-state index < -0.39 is 34.0 Å². The van der Waals surface area contributed by atoms with Crippen LogP contribution in [-0.2, 0) is 23.8 Å². The Bertz CT molecular complexity index is 1080. The van der Waals surface area contributed by atoms with E-state index in [1.807, 2.05) is 69.3 Å². The van der Waals surface area contributed by atoms with Crippen molar-refractivity contribution in [1.29, 1.82) is 0 Å². The van der Waals surface area contributed by atoms with Crippen LogP contribution in [0.2, 0.25) is 0 Å². The molecule has 1 amide bonds. The van der Waals surface area contributed by atoms with Crippen LogP contribution in [-0.4, -0.2) is 50.6 Å². The van der Waals surface area contributed by atoms with E-state index in [4.69, 9.17) is 8.92 Å². The zero-order valence-corrected chi connectivity index (χ0v) is 19.7. The second kappa shape index (κ2) is 9.93. The topological polar surface area (TPSA) is 119 Å². The highest BCUT2D eigenvalue weighted by Gasteiger charge is 2.30. The summed E-state index contributed by atoms with van der Waals surface area (Å²) in [5.41, 5.74) is 3.85. The van der Waals surface area contributed by atoms with Crippen LogP contribution in [0, 0.1) is 5.41 Å². The molecular weight excluding hydrogens is 446 g/mol. The molecule has 1 aliphatic carbocycles. The SMILES string of the molecule is CC(C)(C)COS(=O)(=O)CC[C@H](NC(=O)OCC1c2ccccc2-c2ccccc21)C(=O)O. The van der Waals surface area contributed by atoms with Crippen LogP contribution in [0.25, 0.3) is 11.1 Å². The number of alkyl carbamates (subject to hydrolysis) is 1. The molecule has 0 spiro atoms. The van der Waals surface area contributed by atoms with Crippen LogP contribution in [0.15, 0.2) is 48.5 Å². The maximum Gasteiger partial charge on any atom is 0.407 e. The quantitative estimate of drug-likeness (QED) is 0.530. The van der Waals surface area contributed by atoms with Gasteiger partial charge in [-0.25, -0.2) is 9.59 Å². The van der Waals surface area contributed by atoms with Gasteiger partial charge in [-0.3, -0.25) is 4.18 Å². The van der Waals surface area contributed by atoms with E-state index in [-0.39, 0.29) is 31.0 Å². The zero-order valence-electron chi connectivity index (χ0n) is 18.9. The maximum atomic E-state index is 12.3. The molecule has 0 unspecified atom stereocenters. The van der Waals surface area contributed by atoms with E-state index in [2.05, 4.69) is 5.32 Å². The lowest BCUT2D eigenvalue weighted by atomic mass is 9.98. The summed E-state index contributed by atoms with van der Waals surface area (Å²) in [6, 6.07) is 14.3. The Labute approximate surface area is 194 Å². The van der Waals surface area contributed by atoms with Crippen molar-refractivity contribution in [3.63, 3.8) is 0 Å². The molecule has 9 heteroatoms. The number of fused-ring (bicyclic) bond motifs is 3. The normalized spacial score (nSPS) is 14.3. The van der Waals surface area contributed by atoms with Gasteiger partial charge in [0.15, 0.2) is 0 Å². The van der Waals surface area contributed by atoms with Crippen LogP contribution in [0.4, 0.5) is 4.79 Å². The number of carboxylic acid groups (broad SMARTS) is 1. The standard InChI is InChI=1S/C24H29NO7S/c1-24(2,3)15-32-33(29,30)13-12-21(22(26)27)25-23(28)31-14-20-18-10-6-4-8-16(18)17-9-5-7-11-19(17)20/h4-11,20-21H,12-15H2,1-3H3,(H,25,28)(H,26,27)/t21-/m0/s1. The fraction of sp³-hybridized carbons (Fsp3) is 0.417. The van der Waals surface area contributed by atoms with E-state index in [9.17, 15) is 23.1 Å². The molecule has 0 radical (unpaired) electrons. The molecule has 0 saturated heterocycles. The minimum atomic E-state index is -3.93. The molecular formula is C24H29NO7S. The van der Waals surface area contributed by atoms with Crippen molar-refractivity contribution in [1.82, 2.24) is 5.32 Å². The van der Waals surface area contributed by atoms with Gasteiger partial charge < -0.3 is 15.2 Å². The number of hydrogen-bond donors (Lipinski definition) is 2. The summed E-state index contributed by atoms with van der Waals surface area (Å²) in [5.74, 6) is -2.06. The first-order chi connectivity index (χ1) is 15.5. The molecule has 0 saturated carbocycles. The van der Waals surface area contributed by atoms with Gasteiger partial charge in [0.05, 0.1) is 12.4 Å². The molecule has 0 fully saturated rings. The maximum absolute atomic E-state index is 12.3. The summed E-state index contributed by atoms with van der Waals surface area (Å²) >= 11 is 0. The van der Waals surface area contributed by atoms with Crippen molar-refractivity contribution in [2.24, 2.45) is 5.41 Å². The first-order valence-corrected chi connectivity index (χ1v) is 12.3. The highest BCUT2D eigenvalue weighted by Crippen LogP contribution is 2.44. The number of carbonyl (C=O) groups excluding carboxylic acids is 1. The number of hydrogen-bond acceptors (Lipinski definition) is 6. The van der Waals surface area contributed by atoms with E-state index in [0.29, 0.717) is 0 Å². The van der Waals surface area contributed by atoms with Gasteiger partial charge in [-0.2, -0.15) is 8.42 Å². The largest absolute Gasteiger partial charge is 0.480 e. The summed E-state index contributed by atoms with van der Waals surface area (Å²) in [7, 11) is -3.93. The van der Waals surface area contributed by atoms with E-state index in [1.165, 1.54) is 0 Å². The summed E-state index contributed by atoms with van der Waals surface area (Å²) in [5, 5.41) is 11.7. The monoisotopic (exact) mass is 475 g/mol. The zero-order chi connectivity index (χ0) is 24.2. The van der Waals surface area contributed by atoms with Gasteiger partial charge in [0.25, 0.3) is 10.1 Å². The molecule has 0 aliphatic heterocycles. The van der Waals surface area contributed by atoms with E-state index in [0.717, 1.165) is 22.3 Å². The summed E-state index contributed by atoms with van der Waals surface area (Å²) < 4.78 is 34.4. The number of amides is 1. The Balaban J connectivity index is 1.58. The molecule has 0 aromatic heterocycles. The van der Waals surface area contributed by atoms with Crippen molar-refractivity contribution in [2.45, 2.75) is 39.2 Å². The van der Waals surface area contributed by atoms with Gasteiger partial charge in [0, 0.05) is 5.92 Å². The van der Waals surface area contributed by atoms with Gasteiger partial charge >= 0.3 is 12.1 Å². The summed E-state index contributed by atoms with van der Waals surface area (Å²) in [6.45, 7) is 5.47. The molecule has 1 aliphatic rings. The average molecular weight is 476 g/mol. The van der Waals surface area contributed by atoms with Gasteiger partial charge in [-0.05, 0) is 34.1 Å². The van der Waals surface area contributed by atoms with Crippen molar-refractivity contribution in [2.75, 3.05) is 19.0 Å². The number of aliphatic carboxylic acids is 1. The fourth-order valence-electron chi connectivity index (χ4n) is 3.63. The number of carbonyl (C=O) groups is 2. The number of carboxylic acids is 1. The van der Waals surface area contributed by atoms with Crippen LogP contribution >= 0.6 is 0 Å². The first-order valence-electron chi connectivity index (χ1n) is 10.7. The van der Waals surface area contributed by atoms with Crippen molar-refractivity contribution >= 4 is 22.2 Å². The lowest BCUT2D eigenvalue weighted by Gasteiger charge is -2.19. The Kier molecular flexibility index (Phi) is 7.44. The number of benzene rings is 2. The molecule has 0 bridgehead atoms. The van der Waals surface area contributed by atoms with E-state index in [1.54, 1.807) is 0 Å². The third-order valence-electron chi connectivity index (χ3n) is 5.26. The Morgan fingerprint density at radius 1 is 1.03 bits per heavy atom. The Morgan fingerprint density at radius 2 is 1.58 bits per heavy atom. The average Bonchev–Trinajstić information content (AvgIpc) is 3.07. The van der Waals surface area contributed by atoms with Crippen molar-refractivity contribution in [3.8, 4) is 11.1 Å². The molecule has 2 N–H and O–H groups in total. The van der Waals surface area contributed by atoms with Crippen molar-refractivity contribution in [3.05, 3.63) is 59.7 Å². The lowest BCUT2D eigenvalue weighted by molar-refractivity contribution is -0.139. The third-order valence-corrected chi connectivity index (χ3v) is 6.47. The smallest absolute Gasteiger partial charge is 0.407 e. The minimum Gasteiger partial charge on any atom is -0.480 e. The predicted molar refractivity (Wildman–Crippen MR) is 123 cm³/mol. The Morgan fingerprint density at radius 3 is 2.09 bits per heavy atom. The molecule has 3 rings (SSSR count). The molecule has 33 heavy (non-hydrogen) atoms. The van der Waals surface area contributed by atoms with Gasteiger partial charge in [0.2, 0.25) is 0 Å². The number of nitrogens with one attached hydrogen (secondary N) is 1. The Hall–Kier alpha value is -2.91. The van der Waals surface area contributed by atoms with Gasteiger partial charge in [-0.1, -0.05) is 69.3 Å². The van der Waals surface area contributed by atoms with Crippen LogP contribution in [0.5, 0.6) is 0 Å². The minimum absolute atomic E-state index is 0.0210. The molecule has 178 valence electrons. The highest BCUT2D eigenvalue weighted by molar-refractivity contribution is 7.86. The highest BCUT2D eigenvalue weighted by atomic mass is 32.2. The fourth-order valence-corrected chi connectivity index (χ4v) is 4.80. The van der Waals surface area contributed by atoms with Crippen LogP contribution in [0.1, 0.15) is 44.2 Å². The van der Waals surface area contributed by atoms with Crippen molar-refractivity contribution < 1.29 is 32.0 Å². The van der Waals surface area contributed by atoms with Gasteiger partial charge in [0.1, 0.15) is 12.6 Å². The second-order valence-corrected chi connectivity index (χ2v) is 11.0. The summed E-state index contributed by atoms with van der Waals surface area (Å²) in [4.78, 5) is 23.9. The lowest BCUT2D eigenvalue weighted by Crippen LogP contribution is -2.42. The van der Waals surface area contributed by atoms with Crippen LogP contribution in [0.3, 0.4) is 0 Å². The predicted octanol–water partition coefficient (Wildman–Crippen LogP) is 3.76. The van der Waals surface area contributed by atoms with Gasteiger partial charge in [-0.15, -0.1) is 0 Å². The molecule has 2 aromatic rings. The molecule has 2 aromatic carbocycles. The molecule has 0 heterocycles. The van der Waals surface area contributed by atoms with E-state index >= 15 is 0 Å². The second-order valence-electron chi connectivity index (χ2n) is 9.23. The number of ether oxygens (including phenoxy) is 1. The third kappa shape index (κ3) is 6.55.